The van der Waals surface area contributed by atoms with Crippen LogP contribution in [0.2, 0.25) is 0 Å². The fourth-order valence-corrected chi connectivity index (χ4v) is 12.2. The van der Waals surface area contributed by atoms with Crippen LogP contribution in [-0.2, 0) is 19.1 Å². The summed E-state index contributed by atoms with van der Waals surface area (Å²) in [5.74, 6) is 1.94. The van der Waals surface area contributed by atoms with Gasteiger partial charge in [-0.3, -0.25) is 19.7 Å². The molecule has 1 heterocycles. The highest BCUT2D eigenvalue weighted by Crippen LogP contribution is 2.73. The number of carbonyl (C=O) groups excluding carboxylic acids is 3. The summed E-state index contributed by atoms with van der Waals surface area (Å²) < 4.78 is 5.91. The van der Waals surface area contributed by atoms with Crippen molar-refractivity contribution >= 4 is 34.5 Å². The van der Waals surface area contributed by atoms with Gasteiger partial charge in [-0.15, -0.1) is 0 Å². The Bertz CT molecular complexity index is 1640. The molecule has 1 amide bonds. The van der Waals surface area contributed by atoms with Gasteiger partial charge in [0.1, 0.15) is 6.10 Å². The second-order valence-electron chi connectivity index (χ2n) is 16.8. The van der Waals surface area contributed by atoms with Crippen LogP contribution in [-0.4, -0.2) is 33.7 Å². The van der Waals surface area contributed by atoms with E-state index >= 15 is 0 Å². The van der Waals surface area contributed by atoms with E-state index in [9.17, 15) is 14.4 Å². The van der Waals surface area contributed by atoms with Crippen LogP contribution in [0, 0.1) is 51.2 Å². The number of Topliss-reactive ketones (excluding diaryl/α,β-unsaturated/α-hetero) is 1. The van der Waals surface area contributed by atoms with Crippen LogP contribution in [0.25, 0.3) is 10.9 Å². The van der Waals surface area contributed by atoms with Crippen LogP contribution in [0.1, 0.15) is 106 Å². The van der Waals surface area contributed by atoms with Gasteiger partial charge in [-0.05, 0) is 109 Å². The SMILES string of the molecule is CC(=O)O[C@H]1CC[C@@]2(C)C(CC[C@@]3(C)C4CCC5(C(=O)Nc6ncc7ccccc7n6)CC(=O)C(C(C)C)=C5C4CCC32)C1(C)C. The van der Waals surface area contributed by atoms with Crippen LogP contribution in [0.3, 0.4) is 0 Å². The zero-order valence-electron chi connectivity index (χ0n) is 28.7. The van der Waals surface area contributed by atoms with Crippen molar-refractivity contribution in [1.82, 2.24) is 9.97 Å². The molecule has 0 aliphatic heterocycles. The minimum Gasteiger partial charge on any atom is -0.462 e. The molecule has 2 aromatic rings. The van der Waals surface area contributed by atoms with Crippen LogP contribution in [0.5, 0.6) is 0 Å². The number of para-hydroxylation sites is 1. The predicted octanol–water partition coefficient (Wildman–Crippen LogP) is 8.09. The van der Waals surface area contributed by atoms with Crippen molar-refractivity contribution in [3.63, 3.8) is 0 Å². The van der Waals surface area contributed by atoms with Crippen molar-refractivity contribution in [3.05, 3.63) is 41.6 Å². The Kier molecular flexibility index (Phi) is 7.34. The Hall–Kier alpha value is -3.09. The van der Waals surface area contributed by atoms with Gasteiger partial charge in [0.25, 0.3) is 0 Å². The number of benzene rings is 1. The van der Waals surface area contributed by atoms with Gasteiger partial charge in [0.2, 0.25) is 11.9 Å². The first-order valence-corrected chi connectivity index (χ1v) is 17.7. The maximum Gasteiger partial charge on any atom is 0.302 e. The van der Waals surface area contributed by atoms with Crippen molar-refractivity contribution in [3.8, 4) is 0 Å². The molecule has 7 rings (SSSR count). The quantitative estimate of drug-likeness (QED) is 0.345. The van der Waals surface area contributed by atoms with Gasteiger partial charge in [0.05, 0.1) is 10.9 Å². The second-order valence-corrected chi connectivity index (χ2v) is 16.8. The number of fused-ring (bicyclic) bond motifs is 8. The fourth-order valence-electron chi connectivity index (χ4n) is 12.2. The van der Waals surface area contributed by atoms with Crippen molar-refractivity contribution in [2.24, 2.45) is 51.2 Å². The molecule has 1 aromatic carbocycles. The number of carbonyl (C=O) groups is 3. The van der Waals surface area contributed by atoms with E-state index in [4.69, 9.17) is 4.74 Å². The lowest BCUT2D eigenvalue weighted by molar-refractivity contribution is -0.212. The summed E-state index contributed by atoms with van der Waals surface area (Å²) in [6, 6.07) is 7.77. The van der Waals surface area contributed by atoms with Crippen molar-refractivity contribution in [2.75, 3.05) is 5.32 Å². The molecule has 5 unspecified atom stereocenters. The molecule has 0 saturated heterocycles. The first-order valence-electron chi connectivity index (χ1n) is 17.7. The van der Waals surface area contributed by atoms with Crippen LogP contribution in [0.4, 0.5) is 5.95 Å². The van der Waals surface area contributed by atoms with Crippen LogP contribution < -0.4 is 5.32 Å². The Balaban J connectivity index is 1.22. The van der Waals surface area contributed by atoms with Gasteiger partial charge < -0.3 is 4.74 Å². The maximum absolute atomic E-state index is 14.5. The summed E-state index contributed by atoms with van der Waals surface area (Å²) in [5.41, 5.74) is 2.23. The first kappa shape index (κ1) is 31.5. The number of ketones is 1. The number of hydrogen-bond donors (Lipinski definition) is 1. The Labute approximate surface area is 273 Å². The lowest BCUT2D eigenvalue weighted by atomic mass is 9.36. The number of anilines is 1. The van der Waals surface area contributed by atoms with Crippen molar-refractivity contribution < 1.29 is 19.1 Å². The number of allylic oxidation sites excluding steroid dienone is 1. The molecule has 1 N–H and O–H groups in total. The zero-order valence-corrected chi connectivity index (χ0v) is 28.7. The van der Waals surface area contributed by atoms with Gasteiger partial charge in [-0.2, -0.15) is 0 Å². The van der Waals surface area contributed by atoms with E-state index in [0.717, 1.165) is 67.0 Å². The van der Waals surface area contributed by atoms with E-state index < -0.39 is 5.41 Å². The topological polar surface area (TPSA) is 98.2 Å². The zero-order chi connectivity index (χ0) is 32.8. The van der Waals surface area contributed by atoms with E-state index in [1.165, 1.54) is 6.92 Å². The minimum absolute atomic E-state index is 0.0348. The summed E-state index contributed by atoms with van der Waals surface area (Å²) in [6.07, 6.45) is 9.98. The highest BCUT2D eigenvalue weighted by Gasteiger charge is 2.67. The average molecular weight is 626 g/mol. The van der Waals surface area contributed by atoms with Gasteiger partial charge in [0, 0.05) is 30.3 Å². The molecule has 0 radical (unpaired) electrons. The monoisotopic (exact) mass is 625 g/mol. The van der Waals surface area contributed by atoms with E-state index in [1.807, 2.05) is 24.3 Å². The fraction of sp³-hybridized carbons (Fsp3) is 0.667. The van der Waals surface area contributed by atoms with Gasteiger partial charge in [-0.25, -0.2) is 9.97 Å². The highest BCUT2D eigenvalue weighted by molar-refractivity contribution is 6.09. The minimum atomic E-state index is -0.832. The number of aromatic nitrogens is 2. The third-order valence-corrected chi connectivity index (χ3v) is 14.0. The number of esters is 1. The number of ether oxygens (including phenoxy) is 1. The molecule has 4 fully saturated rings. The Morgan fingerprint density at radius 1 is 0.935 bits per heavy atom. The highest BCUT2D eigenvalue weighted by atomic mass is 16.5. The Morgan fingerprint density at radius 3 is 2.41 bits per heavy atom. The molecule has 5 aliphatic rings. The molecule has 246 valence electrons. The average Bonchev–Trinajstić information content (AvgIpc) is 3.32. The number of nitrogens with zero attached hydrogens (tertiary/aromatic N) is 2. The van der Waals surface area contributed by atoms with Gasteiger partial charge in [0.15, 0.2) is 5.78 Å². The normalized spacial score (nSPS) is 38.1. The van der Waals surface area contributed by atoms with Crippen molar-refractivity contribution in [2.45, 2.75) is 112 Å². The predicted molar refractivity (Wildman–Crippen MR) is 179 cm³/mol. The molecule has 7 nitrogen and oxygen atoms in total. The summed E-state index contributed by atoms with van der Waals surface area (Å²) in [7, 11) is 0. The number of rotatable bonds is 4. The molecule has 0 spiro atoms. The maximum atomic E-state index is 14.5. The molecule has 1 aromatic heterocycles. The lowest BCUT2D eigenvalue weighted by Gasteiger charge is -2.68. The third kappa shape index (κ3) is 4.46. The lowest BCUT2D eigenvalue weighted by Crippen LogP contribution is -2.63. The molecule has 8 atom stereocenters. The van der Waals surface area contributed by atoms with E-state index in [0.29, 0.717) is 30.1 Å². The van der Waals surface area contributed by atoms with E-state index in [1.54, 1.807) is 6.20 Å². The van der Waals surface area contributed by atoms with E-state index in [2.05, 4.69) is 56.8 Å². The first-order chi connectivity index (χ1) is 21.7. The number of hydrogen-bond acceptors (Lipinski definition) is 6. The summed E-state index contributed by atoms with van der Waals surface area (Å²) in [4.78, 5) is 49.5. The molecular formula is C39H51N3O4. The Morgan fingerprint density at radius 2 is 1.67 bits per heavy atom. The van der Waals surface area contributed by atoms with E-state index in [-0.39, 0.29) is 58.3 Å². The third-order valence-electron chi connectivity index (χ3n) is 14.0. The van der Waals surface area contributed by atoms with Gasteiger partial charge >= 0.3 is 5.97 Å². The molecule has 4 saturated carbocycles. The summed E-state index contributed by atoms with van der Waals surface area (Å²) in [6.45, 7) is 15.5. The number of amides is 1. The summed E-state index contributed by atoms with van der Waals surface area (Å²) in [5, 5.41) is 4.02. The van der Waals surface area contributed by atoms with Crippen LogP contribution in [0.15, 0.2) is 41.6 Å². The van der Waals surface area contributed by atoms with Crippen molar-refractivity contribution in [1.29, 1.82) is 0 Å². The molecular weight excluding hydrogens is 574 g/mol. The van der Waals surface area contributed by atoms with Crippen LogP contribution >= 0.6 is 0 Å². The molecule has 46 heavy (non-hydrogen) atoms. The standard InChI is InChI=1S/C39H51N3O4/c1-22(2)32-28(44)20-39(34(45)42-35-40-21-24-10-8-9-11-27(24)41-35)19-14-26-25(33(32)39)12-13-30-37(26,6)17-15-29-36(4,5)31(46-23(3)43)16-18-38(29,30)7/h8-11,21-22,25-26,29-31H,12-20H2,1-7H3,(H,40,41,42,45)/t25?,26?,29?,30?,31-,37-,38-,39?/m0/s1. The summed E-state index contributed by atoms with van der Waals surface area (Å²) >= 11 is 0. The number of nitrogens with one attached hydrogen (secondary N) is 1. The molecule has 7 heteroatoms. The molecule has 0 bridgehead atoms. The molecule has 5 aliphatic carbocycles. The van der Waals surface area contributed by atoms with Gasteiger partial charge in [-0.1, -0.05) is 59.7 Å². The second kappa shape index (κ2) is 10.7. The smallest absolute Gasteiger partial charge is 0.302 e. The largest absolute Gasteiger partial charge is 0.462 e.